The van der Waals surface area contributed by atoms with Crippen molar-refractivity contribution in [3.63, 3.8) is 0 Å². The van der Waals surface area contributed by atoms with E-state index in [4.69, 9.17) is 0 Å². The number of allylic oxidation sites excluding steroid dienone is 3. The monoisotopic (exact) mass is 261 g/mol. The van der Waals surface area contributed by atoms with Crippen LogP contribution in [-0.2, 0) is 0 Å². The maximum atomic E-state index is 3.41. The van der Waals surface area contributed by atoms with Crippen molar-refractivity contribution >= 4 is 18.2 Å². The van der Waals surface area contributed by atoms with Gasteiger partial charge in [-0.15, -0.1) is 0 Å². The molecular formula is C18H31N. The first-order valence-electron chi connectivity index (χ1n) is 7.35. The van der Waals surface area contributed by atoms with Gasteiger partial charge in [0, 0.05) is 11.0 Å². The van der Waals surface area contributed by atoms with Crippen molar-refractivity contribution < 1.29 is 0 Å². The Labute approximate surface area is 119 Å². The maximum absolute atomic E-state index is 3.41. The first kappa shape index (κ1) is 19.8. The summed E-state index contributed by atoms with van der Waals surface area (Å²) in [6.07, 6.45) is 12.5. The highest BCUT2D eigenvalue weighted by Gasteiger charge is 1.99. The van der Waals surface area contributed by atoms with Crippen LogP contribution in [0.3, 0.4) is 0 Å². The molecule has 0 radical (unpaired) electrons. The van der Waals surface area contributed by atoms with Crippen molar-refractivity contribution in [3.05, 3.63) is 40.1 Å². The Morgan fingerprint density at radius 2 is 1.47 bits per heavy atom. The van der Waals surface area contributed by atoms with E-state index in [0.717, 1.165) is 0 Å². The Kier molecular flexibility index (Phi) is 13.5. The highest BCUT2D eigenvalue weighted by molar-refractivity contribution is 5.52. The molecule has 1 nitrogen and oxygen atoms in total. The Bertz CT molecular complexity index is 484. The fraction of sp³-hybridized carbons (Fsp3) is 0.444. The van der Waals surface area contributed by atoms with Gasteiger partial charge < -0.3 is 4.98 Å². The molecule has 0 aliphatic carbocycles. The van der Waals surface area contributed by atoms with Gasteiger partial charge in [-0.1, -0.05) is 52.0 Å². The van der Waals surface area contributed by atoms with Gasteiger partial charge >= 0.3 is 0 Å². The van der Waals surface area contributed by atoms with Gasteiger partial charge in [0.2, 0.25) is 0 Å². The van der Waals surface area contributed by atoms with E-state index >= 15 is 0 Å². The van der Waals surface area contributed by atoms with Crippen LogP contribution in [-0.4, -0.2) is 4.98 Å². The van der Waals surface area contributed by atoms with Crippen LogP contribution < -0.4 is 10.6 Å². The number of hydrogen-bond acceptors (Lipinski definition) is 0. The minimum atomic E-state index is 1.18. The second-order valence-corrected chi connectivity index (χ2v) is 3.47. The SMILES string of the molecule is CC.CC.C\C=C/C=c1/[nH]c(/C=C\C)c(C)/c1=C/C. The van der Waals surface area contributed by atoms with E-state index in [2.05, 4.69) is 49.2 Å². The first-order chi connectivity index (χ1) is 9.24. The summed E-state index contributed by atoms with van der Waals surface area (Å²) in [5.41, 5.74) is 2.51. The lowest BCUT2D eigenvalue weighted by molar-refractivity contribution is 1.29. The minimum absolute atomic E-state index is 1.18. The number of rotatable bonds is 2. The van der Waals surface area contributed by atoms with Gasteiger partial charge in [0.15, 0.2) is 0 Å². The normalized spacial score (nSPS) is 12.4. The number of nitrogens with one attached hydrogen (secondary N) is 1. The fourth-order valence-corrected chi connectivity index (χ4v) is 1.68. The molecular weight excluding hydrogens is 230 g/mol. The molecule has 19 heavy (non-hydrogen) atoms. The largest absolute Gasteiger partial charge is 0.355 e. The molecule has 0 fully saturated rings. The molecule has 0 amide bonds. The molecule has 1 N–H and O–H groups in total. The van der Waals surface area contributed by atoms with Gasteiger partial charge in [-0.2, -0.15) is 0 Å². The van der Waals surface area contributed by atoms with E-state index in [1.54, 1.807) is 0 Å². The zero-order valence-corrected chi connectivity index (χ0v) is 14.0. The van der Waals surface area contributed by atoms with Gasteiger partial charge in [0.05, 0.1) is 0 Å². The van der Waals surface area contributed by atoms with Crippen molar-refractivity contribution in [2.45, 2.75) is 55.4 Å². The average molecular weight is 261 g/mol. The molecule has 108 valence electrons. The minimum Gasteiger partial charge on any atom is -0.355 e. The van der Waals surface area contributed by atoms with Gasteiger partial charge in [-0.25, -0.2) is 0 Å². The van der Waals surface area contributed by atoms with Gasteiger partial charge in [0.25, 0.3) is 0 Å². The predicted octanol–water partition coefficient (Wildman–Crippen LogP) is 4.57. The highest BCUT2D eigenvalue weighted by atomic mass is 14.7. The van der Waals surface area contributed by atoms with E-state index in [9.17, 15) is 0 Å². The Morgan fingerprint density at radius 3 is 1.89 bits per heavy atom. The number of H-pyrrole nitrogens is 1. The molecule has 0 aliphatic heterocycles. The van der Waals surface area contributed by atoms with Gasteiger partial charge in [0.1, 0.15) is 0 Å². The number of aromatic nitrogens is 1. The second-order valence-electron chi connectivity index (χ2n) is 3.47. The van der Waals surface area contributed by atoms with Crippen LogP contribution >= 0.6 is 0 Å². The summed E-state index contributed by atoms with van der Waals surface area (Å²) in [4.78, 5) is 3.41. The van der Waals surface area contributed by atoms with Crippen LogP contribution in [0.5, 0.6) is 0 Å². The van der Waals surface area contributed by atoms with Gasteiger partial charge in [-0.05, 0) is 50.6 Å². The molecule has 0 spiro atoms. The van der Waals surface area contributed by atoms with Crippen molar-refractivity contribution in [2.24, 2.45) is 0 Å². The molecule has 0 saturated carbocycles. The van der Waals surface area contributed by atoms with Crippen LogP contribution in [0.25, 0.3) is 18.2 Å². The summed E-state index contributed by atoms with van der Waals surface area (Å²) in [5, 5.41) is 2.47. The van der Waals surface area contributed by atoms with Crippen LogP contribution in [0, 0.1) is 6.92 Å². The molecule has 1 aromatic heterocycles. The highest BCUT2D eigenvalue weighted by Crippen LogP contribution is 1.99. The quantitative estimate of drug-likeness (QED) is 0.803. The van der Waals surface area contributed by atoms with Crippen LogP contribution in [0.1, 0.15) is 59.7 Å². The maximum Gasteiger partial charge on any atom is 0.0457 e. The average Bonchev–Trinajstić information content (AvgIpc) is 2.77. The summed E-state index contributed by atoms with van der Waals surface area (Å²) < 4.78 is 0. The summed E-state index contributed by atoms with van der Waals surface area (Å²) >= 11 is 0. The lowest BCUT2D eigenvalue weighted by Gasteiger charge is -1.87. The molecule has 1 aromatic rings. The third-order valence-electron chi connectivity index (χ3n) is 2.44. The van der Waals surface area contributed by atoms with Gasteiger partial charge in [-0.3, -0.25) is 0 Å². The van der Waals surface area contributed by atoms with E-state index in [1.807, 2.05) is 47.6 Å². The van der Waals surface area contributed by atoms with E-state index in [1.165, 1.54) is 21.8 Å². The third-order valence-corrected chi connectivity index (χ3v) is 2.44. The molecule has 1 heterocycles. The van der Waals surface area contributed by atoms with Crippen LogP contribution in [0.15, 0.2) is 18.2 Å². The lowest BCUT2D eigenvalue weighted by Crippen LogP contribution is -2.23. The second kappa shape index (κ2) is 12.9. The standard InChI is InChI=1S/C14H19N.2C2H6/c1-5-8-10-14-12(7-3)11(4)13(15-14)9-6-2;2*1-2/h5-10,15H,1-4H3;2*1-2H3/b8-5-,9-6-,12-7-,14-10+;;. The first-order valence-corrected chi connectivity index (χ1v) is 7.35. The topological polar surface area (TPSA) is 15.8 Å². The van der Waals surface area contributed by atoms with Crippen molar-refractivity contribution in [3.8, 4) is 0 Å². The summed E-state index contributed by atoms with van der Waals surface area (Å²) in [7, 11) is 0. The van der Waals surface area contributed by atoms with Crippen LogP contribution in [0.4, 0.5) is 0 Å². The van der Waals surface area contributed by atoms with Crippen molar-refractivity contribution in [2.75, 3.05) is 0 Å². The number of hydrogen-bond donors (Lipinski definition) is 1. The lowest BCUT2D eigenvalue weighted by atomic mass is 10.2. The summed E-state index contributed by atoms with van der Waals surface area (Å²) in [6, 6.07) is 0. The molecule has 0 saturated heterocycles. The zero-order valence-electron chi connectivity index (χ0n) is 14.0. The third kappa shape index (κ3) is 6.28. The van der Waals surface area contributed by atoms with Crippen LogP contribution in [0.2, 0.25) is 0 Å². The molecule has 0 aliphatic rings. The van der Waals surface area contributed by atoms with Crippen molar-refractivity contribution in [1.29, 1.82) is 0 Å². The molecule has 0 aromatic carbocycles. The smallest absolute Gasteiger partial charge is 0.0457 e. The predicted molar refractivity (Wildman–Crippen MR) is 91.6 cm³/mol. The number of aromatic amines is 1. The van der Waals surface area contributed by atoms with Crippen molar-refractivity contribution in [1.82, 2.24) is 4.98 Å². The molecule has 0 bridgehead atoms. The van der Waals surface area contributed by atoms with E-state index < -0.39 is 0 Å². The van der Waals surface area contributed by atoms with E-state index in [-0.39, 0.29) is 0 Å². The molecule has 0 atom stereocenters. The zero-order chi connectivity index (χ0) is 15.3. The molecule has 1 heteroatoms. The summed E-state index contributed by atoms with van der Waals surface area (Å²) in [6.45, 7) is 16.3. The fourth-order valence-electron chi connectivity index (χ4n) is 1.68. The Balaban J connectivity index is 0. The van der Waals surface area contributed by atoms with E-state index in [0.29, 0.717) is 0 Å². The Hall–Kier alpha value is -1.50. The molecule has 0 unspecified atom stereocenters. The summed E-state index contributed by atoms with van der Waals surface area (Å²) in [5.74, 6) is 0. The Morgan fingerprint density at radius 1 is 0.895 bits per heavy atom. The molecule has 1 rings (SSSR count).